The van der Waals surface area contributed by atoms with Crippen LogP contribution in [0.25, 0.3) is 0 Å². The normalized spacial score (nSPS) is 12.8. The van der Waals surface area contributed by atoms with Crippen molar-refractivity contribution in [3.8, 4) is 0 Å². The van der Waals surface area contributed by atoms with Crippen molar-refractivity contribution in [2.75, 3.05) is 13.1 Å². The van der Waals surface area contributed by atoms with E-state index < -0.39 is 0 Å². The Hall–Kier alpha value is -0.870. The van der Waals surface area contributed by atoms with Crippen LogP contribution >= 0.6 is 0 Å². The molecular weight excluding hydrogens is 308 g/mol. The summed E-state index contributed by atoms with van der Waals surface area (Å²) in [4.78, 5) is 5.14. The summed E-state index contributed by atoms with van der Waals surface area (Å²) in [7, 11) is 0. The molecule has 1 heterocycles. The van der Waals surface area contributed by atoms with Gasteiger partial charge in [-0.1, -0.05) is 6.92 Å². The molecule has 0 aliphatic carbocycles. The van der Waals surface area contributed by atoms with Gasteiger partial charge in [0.2, 0.25) is 0 Å². The van der Waals surface area contributed by atoms with Gasteiger partial charge in [0.15, 0.2) is 0 Å². The highest BCUT2D eigenvalue weighted by Gasteiger charge is 2.20. The zero-order valence-corrected chi connectivity index (χ0v) is 18.3. The van der Waals surface area contributed by atoms with Gasteiger partial charge in [0.05, 0.1) is 0 Å². The third-order valence-corrected chi connectivity index (χ3v) is 5.26. The van der Waals surface area contributed by atoms with Crippen molar-refractivity contribution in [3.05, 3.63) is 18.2 Å². The Morgan fingerprint density at radius 2 is 1.32 bits per heavy atom. The highest BCUT2D eigenvalue weighted by molar-refractivity contribution is 4.84. The summed E-state index contributed by atoms with van der Waals surface area (Å²) >= 11 is 0. The average molecular weight is 352 g/mol. The van der Waals surface area contributed by atoms with Crippen molar-refractivity contribution in [2.45, 2.75) is 106 Å². The van der Waals surface area contributed by atoms with Crippen molar-refractivity contribution in [2.24, 2.45) is 0 Å². The van der Waals surface area contributed by atoms with Gasteiger partial charge in [-0.25, -0.2) is 9.13 Å². The predicted octanol–water partition coefficient (Wildman–Crippen LogP) is 3.58. The van der Waals surface area contributed by atoms with Gasteiger partial charge >= 0.3 is 0 Å². The molecule has 0 aromatic carbocycles. The first-order valence-corrected chi connectivity index (χ1v) is 10.3. The maximum absolute atomic E-state index is 2.57. The standard InChI is InChI=1S/C21H43N4/c1-10-21-22(13-15-24(17(2)3)18(4)5)11-12-23(21)14-16-25(19(6)7)20(8)9/h11-12,17-20H,10,13-16H2,1-9H3/q+1. The molecule has 0 saturated carbocycles. The van der Waals surface area contributed by atoms with E-state index in [1.165, 1.54) is 5.82 Å². The minimum Gasteiger partial charge on any atom is -0.295 e. The smallest absolute Gasteiger partial charge is 0.256 e. The molecule has 1 rings (SSSR count). The van der Waals surface area contributed by atoms with Crippen LogP contribution in [0.2, 0.25) is 0 Å². The van der Waals surface area contributed by atoms with Gasteiger partial charge in [0.25, 0.3) is 5.82 Å². The van der Waals surface area contributed by atoms with Crippen LogP contribution in [-0.2, 0) is 19.5 Å². The van der Waals surface area contributed by atoms with E-state index in [-0.39, 0.29) is 0 Å². The minimum atomic E-state index is 0.596. The zero-order chi connectivity index (χ0) is 19.1. The molecule has 1 aromatic rings. The quantitative estimate of drug-likeness (QED) is 0.566. The third-order valence-electron chi connectivity index (χ3n) is 5.26. The molecule has 0 spiro atoms. The topological polar surface area (TPSA) is 15.3 Å². The van der Waals surface area contributed by atoms with E-state index in [1.54, 1.807) is 0 Å². The fourth-order valence-corrected chi connectivity index (χ4v) is 3.98. The molecule has 1 aromatic heterocycles. The van der Waals surface area contributed by atoms with Crippen LogP contribution in [0.4, 0.5) is 0 Å². The van der Waals surface area contributed by atoms with Crippen molar-refractivity contribution in [3.63, 3.8) is 0 Å². The van der Waals surface area contributed by atoms with Gasteiger partial charge in [0.1, 0.15) is 25.5 Å². The van der Waals surface area contributed by atoms with E-state index in [2.05, 4.69) is 93.6 Å². The first-order chi connectivity index (χ1) is 11.7. The number of nitrogens with zero attached hydrogens (tertiary/aromatic N) is 4. The molecule has 4 heteroatoms. The summed E-state index contributed by atoms with van der Waals surface area (Å²) in [5, 5.41) is 0. The molecule has 25 heavy (non-hydrogen) atoms. The summed E-state index contributed by atoms with van der Waals surface area (Å²) in [5.74, 6) is 1.44. The van der Waals surface area contributed by atoms with Crippen molar-refractivity contribution in [1.29, 1.82) is 0 Å². The van der Waals surface area contributed by atoms with E-state index in [0.29, 0.717) is 24.2 Å². The first-order valence-electron chi connectivity index (χ1n) is 10.3. The van der Waals surface area contributed by atoms with Gasteiger partial charge in [-0.3, -0.25) is 9.80 Å². The largest absolute Gasteiger partial charge is 0.295 e. The maximum atomic E-state index is 2.57. The highest BCUT2D eigenvalue weighted by atomic mass is 15.2. The van der Waals surface area contributed by atoms with Crippen LogP contribution in [0.1, 0.15) is 68.1 Å². The number of hydrogen-bond acceptors (Lipinski definition) is 2. The van der Waals surface area contributed by atoms with E-state index in [9.17, 15) is 0 Å². The van der Waals surface area contributed by atoms with E-state index in [4.69, 9.17) is 0 Å². The third kappa shape index (κ3) is 6.41. The number of aromatic nitrogens is 2. The Morgan fingerprint density at radius 1 is 0.840 bits per heavy atom. The van der Waals surface area contributed by atoms with E-state index >= 15 is 0 Å². The van der Waals surface area contributed by atoms with Crippen LogP contribution in [-0.4, -0.2) is 51.6 Å². The molecule has 0 amide bonds. The Bertz CT molecular complexity index is 431. The molecule has 0 atom stereocenters. The van der Waals surface area contributed by atoms with Crippen LogP contribution in [0, 0.1) is 0 Å². The molecular formula is C21H43N4+. The number of imidazole rings is 1. The lowest BCUT2D eigenvalue weighted by Crippen LogP contribution is -2.47. The van der Waals surface area contributed by atoms with Crippen LogP contribution in [0.15, 0.2) is 12.4 Å². The summed E-state index contributed by atoms with van der Waals surface area (Å²) in [6.07, 6.45) is 5.62. The lowest BCUT2D eigenvalue weighted by molar-refractivity contribution is -0.703. The Morgan fingerprint density at radius 3 is 1.76 bits per heavy atom. The molecule has 0 radical (unpaired) electrons. The molecule has 0 N–H and O–H groups in total. The van der Waals surface area contributed by atoms with Crippen molar-refractivity contribution in [1.82, 2.24) is 14.4 Å². The molecule has 0 bridgehead atoms. The van der Waals surface area contributed by atoms with Gasteiger partial charge in [-0.2, -0.15) is 0 Å². The second-order valence-corrected chi connectivity index (χ2v) is 8.31. The van der Waals surface area contributed by atoms with Gasteiger partial charge in [-0.15, -0.1) is 0 Å². The van der Waals surface area contributed by atoms with Gasteiger partial charge < -0.3 is 0 Å². The highest BCUT2D eigenvalue weighted by Crippen LogP contribution is 2.07. The molecule has 146 valence electrons. The predicted molar refractivity (Wildman–Crippen MR) is 108 cm³/mol. The second kappa shape index (κ2) is 10.3. The lowest BCUT2D eigenvalue weighted by atomic mass is 10.2. The molecule has 0 aliphatic heterocycles. The molecule has 0 fully saturated rings. The Kier molecular flexibility index (Phi) is 9.15. The van der Waals surface area contributed by atoms with E-state index in [0.717, 1.165) is 32.6 Å². The molecule has 0 unspecified atom stereocenters. The maximum Gasteiger partial charge on any atom is 0.256 e. The van der Waals surface area contributed by atoms with E-state index in [1.807, 2.05) is 0 Å². The summed E-state index contributed by atoms with van der Waals surface area (Å²) in [6, 6.07) is 2.38. The van der Waals surface area contributed by atoms with Crippen molar-refractivity contribution >= 4 is 0 Å². The zero-order valence-electron chi connectivity index (χ0n) is 18.3. The number of rotatable bonds is 11. The SMILES string of the molecule is CCc1n(CCN(C(C)C)C(C)C)cc[n+]1CCN(C(C)C)C(C)C. The van der Waals surface area contributed by atoms with Crippen LogP contribution < -0.4 is 4.57 Å². The van der Waals surface area contributed by atoms with Crippen LogP contribution in [0.5, 0.6) is 0 Å². The Labute approximate surface area is 156 Å². The van der Waals surface area contributed by atoms with Gasteiger partial charge in [-0.05, 0) is 55.4 Å². The number of hydrogen-bond donors (Lipinski definition) is 0. The Balaban J connectivity index is 2.76. The lowest BCUT2D eigenvalue weighted by Gasteiger charge is -2.30. The van der Waals surface area contributed by atoms with Crippen molar-refractivity contribution < 1.29 is 4.57 Å². The monoisotopic (exact) mass is 351 g/mol. The first kappa shape index (κ1) is 22.2. The van der Waals surface area contributed by atoms with Crippen LogP contribution in [0.3, 0.4) is 0 Å². The fourth-order valence-electron chi connectivity index (χ4n) is 3.98. The summed E-state index contributed by atoms with van der Waals surface area (Å²) < 4.78 is 4.90. The fraction of sp³-hybridized carbons (Fsp3) is 0.857. The molecule has 4 nitrogen and oxygen atoms in total. The summed E-state index contributed by atoms with van der Waals surface area (Å²) in [6.45, 7) is 25.0. The minimum absolute atomic E-state index is 0.596. The molecule has 0 aliphatic rings. The molecule has 0 saturated heterocycles. The average Bonchev–Trinajstić information content (AvgIpc) is 2.88. The summed E-state index contributed by atoms with van der Waals surface area (Å²) in [5.41, 5.74) is 0. The van der Waals surface area contributed by atoms with Gasteiger partial charge in [0, 0.05) is 43.7 Å². The second-order valence-electron chi connectivity index (χ2n) is 8.31.